The minimum Gasteiger partial charge on any atom is -0.329 e. The molecule has 0 saturated heterocycles. The summed E-state index contributed by atoms with van der Waals surface area (Å²) in [5, 5.41) is 2.96. The first kappa shape index (κ1) is 16.0. The Kier molecular flexibility index (Phi) is 5.64. The van der Waals surface area contributed by atoms with Gasteiger partial charge in [0.25, 0.3) is 0 Å². The van der Waals surface area contributed by atoms with Gasteiger partial charge in [-0.2, -0.15) is 0 Å². The molecule has 108 valence electrons. The Hall–Kier alpha value is -0.390. The molecule has 5 heteroatoms. The third kappa shape index (κ3) is 3.83. The quantitative estimate of drug-likeness (QED) is 0.829. The molecule has 0 fully saturated rings. The van der Waals surface area contributed by atoms with Gasteiger partial charge in [-0.3, -0.25) is 4.90 Å². The summed E-state index contributed by atoms with van der Waals surface area (Å²) < 4.78 is 1.16. The molecule has 1 aromatic carbocycles. The fourth-order valence-corrected chi connectivity index (χ4v) is 3.60. The van der Waals surface area contributed by atoms with Gasteiger partial charge in [-0.1, -0.05) is 23.7 Å². The van der Waals surface area contributed by atoms with Crippen molar-refractivity contribution in [2.75, 3.05) is 13.6 Å². The van der Waals surface area contributed by atoms with Crippen LogP contribution in [0.5, 0.6) is 0 Å². The molecule has 0 aliphatic carbocycles. The van der Waals surface area contributed by atoms with Crippen molar-refractivity contribution in [1.29, 1.82) is 0 Å². The van der Waals surface area contributed by atoms with E-state index < -0.39 is 0 Å². The van der Waals surface area contributed by atoms with Gasteiger partial charge in [-0.15, -0.1) is 11.3 Å². The highest BCUT2D eigenvalue weighted by Gasteiger charge is 2.17. The molecule has 1 aromatic heterocycles. The number of rotatable bonds is 5. The third-order valence-electron chi connectivity index (χ3n) is 3.39. The van der Waals surface area contributed by atoms with Gasteiger partial charge in [-0.25, -0.2) is 0 Å². The van der Waals surface area contributed by atoms with Crippen LogP contribution in [0, 0.1) is 6.92 Å². The highest BCUT2D eigenvalue weighted by Crippen LogP contribution is 2.27. The molecule has 20 heavy (non-hydrogen) atoms. The van der Waals surface area contributed by atoms with Crippen molar-refractivity contribution in [3.8, 4) is 0 Å². The minimum atomic E-state index is 0.173. The van der Waals surface area contributed by atoms with Gasteiger partial charge in [-0.05, 0) is 64.1 Å². The molecule has 2 nitrogen and oxygen atoms in total. The summed E-state index contributed by atoms with van der Waals surface area (Å²) in [6, 6.07) is 8.51. The fourth-order valence-electron chi connectivity index (χ4n) is 2.21. The van der Waals surface area contributed by atoms with E-state index in [0.717, 1.165) is 20.9 Å². The van der Waals surface area contributed by atoms with Crippen LogP contribution in [0.1, 0.15) is 22.7 Å². The number of hydrogen-bond acceptors (Lipinski definition) is 3. The molecule has 2 rings (SSSR count). The maximum Gasteiger partial charge on any atom is 0.0701 e. The van der Waals surface area contributed by atoms with Crippen LogP contribution in [-0.4, -0.2) is 18.5 Å². The SMILES string of the molecule is Cc1ccc(C(CN)N(C)Cc2csc(Br)c2)cc1Cl. The Balaban J connectivity index is 2.16. The summed E-state index contributed by atoms with van der Waals surface area (Å²) in [6.45, 7) is 3.45. The van der Waals surface area contributed by atoms with Crippen LogP contribution < -0.4 is 5.73 Å². The lowest BCUT2D eigenvalue weighted by Gasteiger charge is -2.27. The second-order valence-electron chi connectivity index (χ2n) is 4.93. The minimum absolute atomic E-state index is 0.173. The first-order valence-electron chi connectivity index (χ1n) is 6.40. The second-order valence-corrected chi connectivity index (χ2v) is 7.63. The largest absolute Gasteiger partial charge is 0.329 e. The van der Waals surface area contributed by atoms with E-state index in [-0.39, 0.29) is 6.04 Å². The Bertz CT molecular complexity index is 585. The number of nitrogens with zero attached hydrogens (tertiary/aromatic N) is 1. The van der Waals surface area contributed by atoms with E-state index in [2.05, 4.69) is 51.5 Å². The van der Waals surface area contributed by atoms with E-state index in [1.165, 1.54) is 11.1 Å². The average Bonchev–Trinajstić information content (AvgIpc) is 2.80. The number of halogens is 2. The fraction of sp³-hybridized carbons (Fsp3) is 0.333. The van der Waals surface area contributed by atoms with Crippen LogP contribution in [0.3, 0.4) is 0 Å². The van der Waals surface area contributed by atoms with Gasteiger partial charge in [0.05, 0.1) is 3.79 Å². The Morgan fingerprint density at radius 1 is 1.40 bits per heavy atom. The molecule has 0 spiro atoms. The molecule has 2 N–H and O–H groups in total. The van der Waals surface area contributed by atoms with Gasteiger partial charge in [0.1, 0.15) is 0 Å². The zero-order valence-electron chi connectivity index (χ0n) is 11.6. The van der Waals surface area contributed by atoms with Gasteiger partial charge >= 0.3 is 0 Å². The molecule has 0 aliphatic rings. The van der Waals surface area contributed by atoms with Crippen molar-refractivity contribution in [2.45, 2.75) is 19.5 Å². The van der Waals surface area contributed by atoms with Gasteiger partial charge < -0.3 is 5.73 Å². The van der Waals surface area contributed by atoms with Crippen LogP contribution in [-0.2, 0) is 6.54 Å². The number of likely N-dealkylation sites (N-methyl/N-ethyl adjacent to an activating group) is 1. The normalized spacial score (nSPS) is 12.9. The maximum absolute atomic E-state index is 6.22. The molecular formula is C15H18BrClN2S. The third-order valence-corrected chi connectivity index (χ3v) is 5.35. The predicted molar refractivity (Wildman–Crippen MR) is 91.5 cm³/mol. The lowest BCUT2D eigenvalue weighted by molar-refractivity contribution is 0.242. The Labute approximate surface area is 137 Å². The van der Waals surface area contributed by atoms with E-state index in [9.17, 15) is 0 Å². The zero-order valence-corrected chi connectivity index (χ0v) is 14.7. The second kappa shape index (κ2) is 7.05. The lowest BCUT2D eigenvalue weighted by atomic mass is 10.0. The molecule has 0 radical (unpaired) electrons. The molecule has 0 amide bonds. The standard InChI is InChI=1S/C15H18BrClN2S/c1-10-3-4-12(6-13(10)17)14(7-18)19(2)8-11-5-15(16)20-9-11/h3-6,9,14H,7-8,18H2,1-2H3. The van der Waals surface area contributed by atoms with E-state index >= 15 is 0 Å². The molecule has 0 bridgehead atoms. The highest BCUT2D eigenvalue weighted by molar-refractivity contribution is 9.11. The molecule has 1 atom stereocenters. The highest BCUT2D eigenvalue weighted by atomic mass is 79.9. The van der Waals surface area contributed by atoms with Crippen molar-refractivity contribution in [3.63, 3.8) is 0 Å². The molecule has 0 aliphatic heterocycles. The first-order chi connectivity index (χ1) is 9.51. The Morgan fingerprint density at radius 2 is 2.15 bits per heavy atom. The number of aryl methyl sites for hydroxylation is 1. The van der Waals surface area contributed by atoms with Gasteiger partial charge in [0, 0.05) is 24.2 Å². The number of benzene rings is 1. The van der Waals surface area contributed by atoms with Crippen molar-refractivity contribution in [1.82, 2.24) is 4.90 Å². The number of thiophene rings is 1. The summed E-state index contributed by atoms with van der Waals surface area (Å²) >= 11 is 11.4. The number of hydrogen-bond donors (Lipinski definition) is 1. The summed E-state index contributed by atoms with van der Waals surface area (Å²) in [5.41, 5.74) is 9.51. The maximum atomic E-state index is 6.22. The van der Waals surface area contributed by atoms with E-state index in [1.54, 1.807) is 11.3 Å². The van der Waals surface area contributed by atoms with Gasteiger partial charge in [0.2, 0.25) is 0 Å². The zero-order chi connectivity index (χ0) is 14.7. The molecule has 1 heterocycles. The number of nitrogens with two attached hydrogens (primary N) is 1. The summed E-state index contributed by atoms with van der Waals surface area (Å²) in [5.74, 6) is 0. The Morgan fingerprint density at radius 3 is 2.70 bits per heavy atom. The van der Waals surface area contributed by atoms with Crippen molar-refractivity contribution in [3.05, 3.63) is 55.1 Å². The van der Waals surface area contributed by atoms with Crippen LogP contribution >= 0.6 is 38.9 Å². The van der Waals surface area contributed by atoms with Crippen molar-refractivity contribution >= 4 is 38.9 Å². The topological polar surface area (TPSA) is 29.3 Å². The van der Waals surface area contributed by atoms with E-state index in [0.29, 0.717) is 6.54 Å². The van der Waals surface area contributed by atoms with Crippen LogP contribution in [0.2, 0.25) is 5.02 Å². The summed E-state index contributed by atoms with van der Waals surface area (Å²) in [7, 11) is 2.09. The summed E-state index contributed by atoms with van der Waals surface area (Å²) in [6.07, 6.45) is 0. The first-order valence-corrected chi connectivity index (χ1v) is 8.45. The van der Waals surface area contributed by atoms with Crippen LogP contribution in [0.25, 0.3) is 0 Å². The van der Waals surface area contributed by atoms with Crippen LogP contribution in [0.15, 0.2) is 33.4 Å². The van der Waals surface area contributed by atoms with E-state index in [1.807, 2.05) is 13.0 Å². The molecule has 0 saturated carbocycles. The van der Waals surface area contributed by atoms with E-state index in [4.69, 9.17) is 17.3 Å². The van der Waals surface area contributed by atoms with Crippen molar-refractivity contribution < 1.29 is 0 Å². The average molecular weight is 374 g/mol. The van der Waals surface area contributed by atoms with Gasteiger partial charge in [0.15, 0.2) is 0 Å². The van der Waals surface area contributed by atoms with Crippen LogP contribution in [0.4, 0.5) is 0 Å². The summed E-state index contributed by atoms with van der Waals surface area (Å²) in [4.78, 5) is 2.26. The molecule has 1 unspecified atom stereocenters. The molecular weight excluding hydrogens is 356 g/mol. The lowest BCUT2D eigenvalue weighted by Crippen LogP contribution is -2.30. The smallest absolute Gasteiger partial charge is 0.0701 e. The molecule has 2 aromatic rings. The monoisotopic (exact) mass is 372 g/mol. The van der Waals surface area contributed by atoms with Crippen molar-refractivity contribution in [2.24, 2.45) is 5.73 Å². The predicted octanol–water partition coefficient (Wildman–Crippen LogP) is 4.60.